The zero-order chi connectivity index (χ0) is 40.7. The van der Waals surface area contributed by atoms with Crippen molar-refractivity contribution in [3.05, 3.63) is 34.4 Å². The van der Waals surface area contributed by atoms with Crippen LogP contribution in [0.25, 0.3) is 0 Å². The molecule has 0 saturated carbocycles. The fourth-order valence-electron chi connectivity index (χ4n) is 6.50. The van der Waals surface area contributed by atoms with E-state index in [2.05, 4.69) is 0 Å². The van der Waals surface area contributed by atoms with Crippen LogP contribution in [-0.4, -0.2) is 130 Å². The summed E-state index contributed by atoms with van der Waals surface area (Å²) in [5, 5.41) is 0. The van der Waals surface area contributed by atoms with Crippen LogP contribution in [0.1, 0.15) is 41.4 Å². The average molecular weight is 902 g/mol. The molecule has 58 heavy (non-hydrogen) atoms. The van der Waals surface area contributed by atoms with Gasteiger partial charge in [-0.3, -0.25) is 54.3 Å². The number of esters is 4. The summed E-state index contributed by atoms with van der Waals surface area (Å²) in [5.41, 5.74) is -6.54. The molecule has 12 fully saturated rings. The van der Waals surface area contributed by atoms with Gasteiger partial charge in [-0.1, -0.05) is 0 Å². The van der Waals surface area contributed by atoms with E-state index in [0.717, 1.165) is 12.1 Å². The van der Waals surface area contributed by atoms with Crippen molar-refractivity contribution < 1.29 is 111 Å². The Bertz CT molecular complexity index is 1720. The van der Waals surface area contributed by atoms with Gasteiger partial charge in [0.05, 0.1) is 123 Å². The lowest BCUT2D eigenvalue weighted by Gasteiger charge is -2.43. The van der Waals surface area contributed by atoms with Crippen LogP contribution in [0.2, 0.25) is 0 Å². The van der Waals surface area contributed by atoms with Crippen LogP contribution in [0.5, 0.6) is 0 Å². The van der Waals surface area contributed by atoms with Crippen molar-refractivity contribution in [2.24, 2.45) is 21.7 Å². The second-order valence-electron chi connectivity index (χ2n) is 15.3. The number of benzene rings is 1. The van der Waals surface area contributed by atoms with Crippen LogP contribution in [0.4, 0.5) is 0 Å². The second kappa shape index (κ2) is 14.6. The summed E-state index contributed by atoms with van der Waals surface area (Å²) in [6, 6.07) is 1.78. The first-order valence-corrected chi connectivity index (χ1v) is 23.3. The molecule has 8 bridgehead atoms. The third-order valence-corrected chi connectivity index (χ3v) is 15.8. The van der Waals surface area contributed by atoms with Crippen LogP contribution in [0.15, 0.2) is 12.1 Å². The lowest BCUT2D eigenvalue weighted by molar-refractivity contribution is -0.118. The Kier molecular flexibility index (Phi) is 10.3. The minimum absolute atomic E-state index is 0.148. The Labute approximate surface area is 327 Å². The molecule has 0 radical (unpaired) electrons. The van der Waals surface area contributed by atoms with Gasteiger partial charge in [-0.2, -0.15) is 0 Å². The fourth-order valence-corrected chi connectivity index (χ4v) is 12.6. The molecule has 28 heteroatoms. The van der Waals surface area contributed by atoms with Gasteiger partial charge in [0, 0.05) is 0 Å². The predicted octanol–water partition coefficient (Wildman–Crippen LogP) is 3.00. The predicted molar refractivity (Wildman–Crippen MR) is 179 cm³/mol. The molecular weight excluding hydrogens is 868 g/mol. The molecular formula is C30H34O24P4. The number of hydrogen-bond donors (Lipinski definition) is 0. The van der Waals surface area contributed by atoms with Crippen molar-refractivity contribution in [2.45, 2.75) is 0 Å². The largest absolute Gasteiger partial charge is 0.474 e. The normalized spacial score (nSPS) is 40.8. The van der Waals surface area contributed by atoms with Crippen LogP contribution in [0, 0.1) is 21.7 Å². The number of carbonyl (C=O) groups is 4. The zero-order valence-corrected chi connectivity index (χ0v) is 33.6. The van der Waals surface area contributed by atoms with Crippen LogP contribution in [0.3, 0.4) is 0 Å². The van der Waals surface area contributed by atoms with Gasteiger partial charge in [0.2, 0.25) is 0 Å². The molecule has 318 valence electrons. The summed E-state index contributed by atoms with van der Waals surface area (Å²) < 4.78 is 134. The van der Waals surface area contributed by atoms with Crippen LogP contribution >= 0.6 is 31.3 Å². The molecule has 13 rings (SSSR count). The fraction of sp³-hybridized carbons (Fsp3) is 0.667. The monoisotopic (exact) mass is 902 g/mol. The van der Waals surface area contributed by atoms with Crippen molar-refractivity contribution in [3.8, 4) is 0 Å². The van der Waals surface area contributed by atoms with E-state index < -0.39 is 126 Å². The summed E-state index contributed by atoms with van der Waals surface area (Å²) in [7, 11) is -14.9. The second-order valence-corrected chi connectivity index (χ2v) is 22.0. The molecule has 12 saturated heterocycles. The quantitative estimate of drug-likeness (QED) is 0.165. The number of phosphoric ester groups is 4. The molecule has 12 aliphatic rings. The van der Waals surface area contributed by atoms with E-state index >= 15 is 0 Å². The number of fused-ring (bicyclic) bond motifs is 12. The third kappa shape index (κ3) is 7.81. The van der Waals surface area contributed by atoms with Gasteiger partial charge in [-0.15, -0.1) is 0 Å². The summed E-state index contributed by atoms with van der Waals surface area (Å²) >= 11 is 0. The van der Waals surface area contributed by atoms with Gasteiger partial charge in [-0.05, 0) is 12.1 Å². The number of carbonyl (C=O) groups excluding carboxylic acids is 4. The summed E-state index contributed by atoms with van der Waals surface area (Å²) in [5.74, 6) is -4.71. The van der Waals surface area contributed by atoms with Gasteiger partial charge in [-0.25, -0.2) is 37.4 Å². The molecule has 24 nitrogen and oxygen atoms in total. The maximum absolute atomic E-state index is 13.9. The first-order valence-electron chi connectivity index (χ1n) is 17.5. The SMILES string of the molecule is O=C(OCC12COP(=O)(OC1)OC2)c1cc(C(=O)OCC23COP(=O)(OC2)OC3)c(C(=O)OCC23COP(=O)(OC2)OC3)cc1C(=O)OCC12COP(=O)(OC1)OC2. The molecule has 0 atom stereocenters. The molecule has 0 spiro atoms. The minimum atomic E-state index is -3.72. The maximum Gasteiger partial charge on any atom is 0.474 e. The van der Waals surface area contributed by atoms with Gasteiger partial charge in [0.25, 0.3) is 0 Å². The Balaban J connectivity index is 1.02. The number of phosphoric acid groups is 4. The van der Waals surface area contributed by atoms with E-state index in [4.69, 9.17) is 73.2 Å². The molecule has 1 aromatic rings. The maximum atomic E-state index is 13.9. The number of rotatable bonds is 12. The van der Waals surface area contributed by atoms with E-state index in [-0.39, 0.29) is 79.3 Å². The van der Waals surface area contributed by atoms with Crippen molar-refractivity contribution in [1.29, 1.82) is 0 Å². The molecule has 0 amide bonds. The lowest BCUT2D eigenvalue weighted by Crippen LogP contribution is -2.48. The molecule has 1 aromatic carbocycles. The molecule has 12 aliphatic heterocycles. The van der Waals surface area contributed by atoms with E-state index in [0.29, 0.717) is 0 Å². The number of ether oxygens (including phenoxy) is 4. The number of hydrogen-bond acceptors (Lipinski definition) is 24. The Morgan fingerprint density at radius 2 is 0.517 bits per heavy atom. The lowest BCUT2D eigenvalue weighted by atomic mass is 9.91. The summed E-state index contributed by atoms with van der Waals surface area (Å²) in [6.07, 6.45) is 0. The van der Waals surface area contributed by atoms with Gasteiger partial charge >= 0.3 is 55.2 Å². The van der Waals surface area contributed by atoms with Crippen molar-refractivity contribution in [1.82, 2.24) is 0 Å². The standard InChI is InChI=1S/C30H34O24P4/c31-23(39-3-27-7-43-55(35,44-8-27)45-9-27)19-1-20(24(32)40-4-28-10-46-56(36,47-11-28)48-12-28)22(26(34)42-6-30-16-52-58(38,53-17-30)54-18-30)2-21(19)25(33)41-5-29-13-49-57(37,50-14-29)51-15-29/h1-2H,3-18H2. The van der Waals surface area contributed by atoms with E-state index in [1.807, 2.05) is 0 Å². The van der Waals surface area contributed by atoms with Gasteiger partial charge < -0.3 is 18.9 Å². The van der Waals surface area contributed by atoms with E-state index in [9.17, 15) is 37.4 Å². The molecule has 0 N–H and O–H groups in total. The minimum Gasteiger partial charge on any atom is -0.461 e. The first-order chi connectivity index (χ1) is 27.5. The van der Waals surface area contributed by atoms with E-state index in [1.54, 1.807) is 0 Å². The highest BCUT2D eigenvalue weighted by Crippen LogP contribution is 2.62. The Hall–Kier alpha value is -2.46. The highest BCUT2D eigenvalue weighted by Gasteiger charge is 2.55. The zero-order valence-electron chi connectivity index (χ0n) is 30.1. The van der Waals surface area contributed by atoms with Crippen LogP contribution < -0.4 is 0 Å². The molecule has 0 aromatic heterocycles. The highest BCUT2D eigenvalue weighted by atomic mass is 31.2. The average Bonchev–Trinajstić information content (AvgIpc) is 3.25. The molecule has 0 unspecified atom stereocenters. The smallest absolute Gasteiger partial charge is 0.461 e. The van der Waals surface area contributed by atoms with Gasteiger partial charge in [0.15, 0.2) is 0 Å². The first kappa shape index (κ1) is 40.9. The molecule has 0 aliphatic carbocycles. The summed E-state index contributed by atoms with van der Waals surface area (Å²) in [4.78, 5) is 55.8. The van der Waals surface area contributed by atoms with Crippen molar-refractivity contribution in [3.63, 3.8) is 0 Å². The van der Waals surface area contributed by atoms with Gasteiger partial charge in [0.1, 0.15) is 26.4 Å². The van der Waals surface area contributed by atoms with Crippen molar-refractivity contribution >= 4 is 55.2 Å². The van der Waals surface area contributed by atoms with E-state index in [1.165, 1.54) is 0 Å². The highest BCUT2D eigenvalue weighted by molar-refractivity contribution is 7.49. The Morgan fingerprint density at radius 3 is 0.672 bits per heavy atom. The van der Waals surface area contributed by atoms with Crippen molar-refractivity contribution in [2.75, 3.05) is 106 Å². The topological polar surface area (TPSA) is 284 Å². The Morgan fingerprint density at radius 1 is 0.362 bits per heavy atom. The molecule has 12 heterocycles. The van der Waals surface area contributed by atoms with Crippen LogP contribution in [-0.2, 0) is 91.5 Å². The summed E-state index contributed by atoms with van der Waals surface area (Å²) in [6.45, 7) is -3.47. The third-order valence-electron chi connectivity index (χ3n) is 10.4.